The number of hydrogen-bond donors (Lipinski definition) is 3. The van der Waals surface area contributed by atoms with E-state index in [2.05, 4.69) is 10.6 Å². The predicted molar refractivity (Wildman–Crippen MR) is 76.5 cm³/mol. The summed E-state index contributed by atoms with van der Waals surface area (Å²) >= 11 is 0. The van der Waals surface area contributed by atoms with Crippen molar-refractivity contribution < 1.29 is 14.7 Å². The number of nitrogens with one attached hydrogen (secondary N) is 2. The molecular weight excluding hydrogens is 268 g/mol. The smallest absolute Gasteiger partial charge is 0.303 e. The van der Waals surface area contributed by atoms with E-state index >= 15 is 0 Å². The van der Waals surface area contributed by atoms with Gasteiger partial charge in [0.15, 0.2) is 0 Å². The first-order valence-electron chi connectivity index (χ1n) is 6.63. The van der Waals surface area contributed by atoms with Crippen molar-refractivity contribution in [3.05, 3.63) is 0 Å². The summed E-state index contributed by atoms with van der Waals surface area (Å²) in [7, 11) is 0. The fourth-order valence-corrected chi connectivity index (χ4v) is 2.42. The summed E-state index contributed by atoms with van der Waals surface area (Å²) in [6, 6.07) is 0. The Labute approximate surface area is 120 Å². The van der Waals surface area contributed by atoms with Gasteiger partial charge in [0, 0.05) is 13.0 Å². The van der Waals surface area contributed by atoms with Crippen LogP contribution < -0.4 is 10.6 Å². The molecule has 1 amide bonds. The summed E-state index contributed by atoms with van der Waals surface area (Å²) in [5, 5.41) is 15.1. The Hall–Kier alpha value is -0.810. The number of halogens is 1. The largest absolute Gasteiger partial charge is 0.481 e. The zero-order valence-electron chi connectivity index (χ0n) is 11.7. The Morgan fingerprint density at radius 3 is 2.32 bits per heavy atom. The first kappa shape index (κ1) is 18.2. The van der Waals surface area contributed by atoms with Gasteiger partial charge in [-0.3, -0.25) is 9.59 Å². The molecule has 0 aromatic rings. The number of rotatable bonds is 6. The van der Waals surface area contributed by atoms with Crippen LogP contribution in [0.15, 0.2) is 0 Å². The molecule has 0 saturated carbocycles. The molecule has 0 spiro atoms. The second-order valence-electron chi connectivity index (χ2n) is 5.70. The summed E-state index contributed by atoms with van der Waals surface area (Å²) in [5.41, 5.74) is -0.363. The summed E-state index contributed by atoms with van der Waals surface area (Å²) < 4.78 is 0. The number of aliphatic carboxylic acids is 1. The van der Waals surface area contributed by atoms with Crippen molar-refractivity contribution in [2.24, 2.45) is 11.3 Å². The molecule has 0 bridgehead atoms. The van der Waals surface area contributed by atoms with Gasteiger partial charge in [0.2, 0.25) is 5.91 Å². The molecule has 19 heavy (non-hydrogen) atoms. The minimum absolute atomic E-state index is 0. The molecule has 1 heterocycles. The van der Waals surface area contributed by atoms with Gasteiger partial charge in [0.1, 0.15) is 0 Å². The number of piperidine rings is 1. The van der Waals surface area contributed by atoms with Crippen molar-refractivity contribution >= 4 is 24.3 Å². The van der Waals surface area contributed by atoms with Crippen molar-refractivity contribution in [3.63, 3.8) is 0 Å². The van der Waals surface area contributed by atoms with Gasteiger partial charge in [0.25, 0.3) is 0 Å². The van der Waals surface area contributed by atoms with Crippen LogP contribution in [0.4, 0.5) is 0 Å². The monoisotopic (exact) mass is 292 g/mol. The third-order valence-electron chi connectivity index (χ3n) is 3.43. The molecule has 1 saturated heterocycles. The quantitative estimate of drug-likeness (QED) is 0.692. The number of carboxylic acids is 1. The third-order valence-corrected chi connectivity index (χ3v) is 3.43. The maximum absolute atomic E-state index is 11.9. The van der Waals surface area contributed by atoms with Crippen LogP contribution in [0.1, 0.15) is 39.5 Å². The molecule has 0 radical (unpaired) electrons. The molecule has 3 N–H and O–H groups in total. The Bertz CT molecular complexity index is 302. The molecule has 1 aliphatic rings. The summed E-state index contributed by atoms with van der Waals surface area (Å²) in [6.07, 6.45) is 1.93. The van der Waals surface area contributed by atoms with Gasteiger partial charge in [-0.2, -0.15) is 0 Å². The normalized spacial score (nSPS) is 17.6. The molecule has 1 rings (SSSR count). The Balaban J connectivity index is 0.00000324. The Morgan fingerprint density at radius 2 is 1.84 bits per heavy atom. The van der Waals surface area contributed by atoms with Crippen molar-refractivity contribution in [2.45, 2.75) is 39.5 Å². The predicted octanol–water partition coefficient (Wildman–Crippen LogP) is 1.41. The van der Waals surface area contributed by atoms with E-state index < -0.39 is 5.97 Å². The van der Waals surface area contributed by atoms with Crippen LogP contribution in [0.5, 0.6) is 0 Å². The molecule has 0 atom stereocenters. The maximum Gasteiger partial charge on any atom is 0.303 e. The Morgan fingerprint density at radius 1 is 1.26 bits per heavy atom. The van der Waals surface area contributed by atoms with Gasteiger partial charge >= 0.3 is 5.97 Å². The number of hydrogen-bond acceptors (Lipinski definition) is 3. The first-order valence-corrected chi connectivity index (χ1v) is 6.63. The summed E-state index contributed by atoms with van der Waals surface area (Å²) in [5.74, 6) is -0.419. The van der Waals surface area contributed by atoms with E-state index in [-0.39, 0.29) is 30.2 Å². The fraction of sp³-hybridized carbons (Fsp3) is 0.846. The van der Waals surface area contributed by atoms with E-state index in [1.807, 2.05) is 13.8 Å². The molecule has 6 heteroatoms. The topological polar surface area (TPSA) is 78.4 Å². The van der Waals surface area contributed by atoms with Crippen molar-refractivity contribution in [1.29, 1.82) is 0 Å². The molecule has 112 valence electrons. The number of carbonyl (C=O) groups excluding carboxylic acids is 1. The van der Waals surface area contributed by atoms with Crippen LogP contribution in [0.25, 0.3) is 0 Å². The lowest BCUT2D eigenvalue weighted by Crippen LogP contribution is -2.42. The van der Waals surface area contributed by atoms with Crippen molar-refractivity contribution in [1.82, 2.24) is 10.6 Å². The van der Waals surface area contributed by atoms with E-state index in [0.717, 1.165) is 25.9 Å². The number of amides is 1. The van der Waals surface area contributed by atoms with Crippen LogP contribution in [-0.2, 0) is 9.59 Å². The molecule has 0 aromatic carbocycles. The number of carbonyl (C=O) groups is 2. The van der Waals surface area contributed by atoms with E-state index in [1.165, 1.54) is 0 Å². The minimum atomic E-state index is -0.812. The van der Waals surface area contributed by atoms with Crippen LogP contribution in [0, 0.1) is 11.3 Å². The van der Waals surface area contributed by atoms with E-state index in [9.17, 15) is 9.59 Å². The molecule has 1 aliphatic heterocycles. The highest BCUT2D eigenvalue weighted by Gasteiger charge is 2.36. The summed E-state index contributed by atoms with van der Waals surface area (Å²) in [6.45, 7) is 6.32. The van der Waals surface area contributed by atoms with Crippen LogP contribution in [0.2, 0.25) is 0 Å². The highest BCUT2D eigenvalue weighted by molar-refractivity contribution is 5.85. The van der Waals surface area contributed by atoms with Gasteiger partial charge in [-0.25, -0.2) is 0 Å². The zero-order chi connectivity index (χ0) is 13.6. The van der Waals surface area contributed by atoms with Gasteiger partial charge in [-0.15, -0.1) is 12.4 Å². The second-order valence-corrected chi connectivity index (χ2v) is 5.70. The van der Waals surface area contributed by atoms with Crippen LogP contribution in [-0.4, -0.2) is 36.6 Å². The first-order chi connectivity index (χ1) is 8.43. The molecule has 5 nitrogen and oxygen atoms in total. The lowest BCUT2D eigenvalue weighted by Gasteiger charge is -2.36. The van der Waals surface area contributed by atoms with Crippen molar-refractivity contribution in [3.8, 4) is 0 Å². The van der Waals surface area contributed by atoms with Crippen LogP contribution in [0.3, 0.4) is 0 Å². The van der Waals surface area contributed by atoms with Gasteiger partial charge in [-0.1, -0.05) is 13.8 Å². The lowest BCUT2D eigenvalue weighted by atomic mass is 9.73. The molecule has 0 unspecified atom stereocenters. The SMILES string of the molecule is CC(C)CNC(=O)CC1(CC(=O)O)CCNCC1.Cl. The highest BCUT2D eigenvalue weighted by atomic mass is 35.5. The second kappa shape index (κ2) is 8.38. The van der Waals surface area contributed by atoms with Crippen LogP contribution >= 0.6 is 12.4 Å². The van der Waals surface area contributed by atoms with E-state index in [0.29, 0.717) is 18.9 Å². The average molecular weight is 293 g/mol. The third kappa shape index (κ3) is 6.78. The average Bonchev–Trinajstić information content (AvgIpc) is 2.26. The standard InChI is InChI=1S/C13H24N2O3.ClH/c1-10(2)9-15-11(16)7-13(8-12(17)18)3-5-14-6-4-13;/h10,14H,3-9H2,1-2H3,(H,15,16)(H,17,18);1H. The molecule has 1 fully saturated rings. The summed E-state index contributed by atoms with van der Waals surface area (Å²) in [4.78, 5) is 22.8. The van der Waals surface area contributed by atoms with Gasteiger partial charge in [0.05, 0.1) is 6.42 Å². The Kier molecular flexibility index (Phi) is 8.02. The van der Waals surface area contributed by atoms with Crippen molar-refractivity contribution in [2.75, 3.05) is 19.6 Å². The molecule has 0 aromatic heterocycles. The van der Waals surface area contributed by atoms with E-state index in [1.54, 1.807) is 0 Å². The maximum atomic E-state index is 11.9. The fourth-order valence-electron chi connectivity index (χ4n) is 2.42. The molecule has 0 aliphatic carbocycles. The van der Waals surface area contributed by atoms with Gasteiger partial charge in [-0.05, 0) is 37.3 Å². The highest BCUT2D eigenvalue weighted by Crippen LogP contribution is 2.36. The van der Waals surface area contributed by atoms with Gasteiger partial charge < -0.3 is 15.7 Å². The minimum Gasteiger partial charge on any atom is -0.481 e. The number of carboxylic acid groups (broad SMARTS) is 1. The molecular formula is C13H25ClN2O3. The van der Waals surface area contributed by atoms with E-state index in [4.69, 9.17) is 5.11 Å². The zero-order valence-corrected chi connectivity index (χ0v) is 12.5. The lowest BCUT2D eigenvalue weighted by molar-refractivity contribution is -0.141.